The molecule has 2 aromatic carbocycles. The zero-order valence-corrected chi connectivity index (χ0v) is 15.3. The highest BCUT2D eigenvalue weighted by atomic mass is 19.1. The van der Waals surface area contributed by atoms with Crippen LogP contribution >= 0.6 is 0 Å². The molecule has 1 N–H and O–H groups in total. The number of rotatable bonds is 6. The van der Waals surface area contributed by atoms with Crippen LogP contribution in [0.5, 0.6) is 0 Å². The van der Waals surface area contributed by atoms with Gasteiger partial charge in [0.1, 0.15) is 5.82 Å². The Kier molecular flexibility index (Phi) is 5.58. The molecule has 0 radical (unpaired) electrons. The molecule has 29 heavy (non-hydrogen) atoms. The van der Waals surface area contributed by atoms with Gasteiger partial charge in [-0.15, -0.1) is 0 Å². The first-order valence-electron chi connectivity index (χ1n) is 8.54. The average molecular weight is 399 g/mol. The summed E-state index contributed by atoms with van der Waals surface area (Å²) in [7, 11) is 1.20. The van der Waals surface area contributed by atoms with E-state index in [0.717, 1.165) is 0 Å². The highest BCUT2D eigenvalue weighted by Crippen LogP contribution is 2.32. The molecule has 0 saturated carbocycles. The molecule has 1 aliphatic heterocycles. The monoisotopic (exact) mass is 399 g/mol. The minimum Gasteiger partial charge on any atom is -0.550 e. The van der Waals surface area contributed by atoms with Crippen molar-refractivity contribution < 1.29 is 33.5 Å². The van der Waals surface area contributed by atoms with Crippen molar-refractivity contribution in [3.05, 3.63) is 65.5 Å². The number of aliphatic carboxylic acids is 1. The summed E-state index contributed by atoms with van der Waals surface area (Å²) in [6.07, 6.45) is -0.952. The summed E-state index contributed by atoms with van der Waals surface area (Å²) in [5.41, 5.74) is -0.909. The Morgan fingerprint density at radius 3 is 2.55 bits per heavy atom. The molecule has 0 spiro atoms. The van der Waals surface area contributed by atoms with E-state index in [1.54, 1.807) is 12.1 Å². The lowest BCUT2D eigenvalue weighted by molar-refractivity contribution is -0.309. The van der Waals surface area contributed by atoms with Crippen LogP contribution in [0.1, 0.15) is 28.8 Å². The molecule has 1 aliphatic rings. The Morgan fingerprint density at radius 2 is 1.90 bits per heavy atom. The number of hydrogen-bond acceptors (Lipinski definition) is 7. The summed E-state index contributed by atoms with van der Waals surface area (Å²) in [5.74, 6) is -3.47. The Bertz CT molecular complexity index is 989. The molecule has 2 aromatic rings. The number of halogens is 1. The van der Waals surface area contributed by atoms with Crippen molar-refractivity contribution in [2.45, 2.75) is 18.4 Å². The standard InChI is InChI=1S/C20H17FN2O6/c1-28-18(26)14-4-2-3-5-15(14)22-19(27)20(11-17(24)25)10-16(23-29-20)12-6-8-13(21)9-7-12/h2-9H,10-11H2,1H3,(H,22,27)(H,24,25)/p-1/t20-/m1/s1. The average Bonchev–Trinajstić information content (AvgIpc) is 3.13. The molecule has 1 amide bonds. The minimum absolute atomic E-state index is 0.0876. The molecule has 8 nitrogen and oxygen atoms in total. The lowest BCUT2D eigenvalue weighted by atomic mass is 9.90. The molecular formula is C20H16FN2O6-. The van der Waals surface area contributed by atoms with Gasteiger partial charge in [-0.3, -0.25) is 4.79 Å². The van der Waals surface area contributed by atoms with Crippen LogP contribution < -0.4 is 10.4 Å². The number of carbonyl (C=O) groups excluding carboxylic acids is 3. The Labute approximate surface area is 164 Å². The van der Waals surface area contributed by atoms with Crippen LogP contribution in [0.3, 0.4) is 0 Å². The Balaban J connectivity index is 1.87. The number of para-hydroxylation sites is 1. The van der Waals surface area contributed by atoms with Gasteiger partial charge in [0.15, 0.2) is 0 Å². The number of methoxy groups -OCH3 is 1. The third-order valence-electron chi connectivity index (χ3n) is 4.39. The third-order valence-corrected chi connectivity index (χ3v) is 4.39. The SMILES string of the molecule is COC(=O)c1ccccc1NC(=O)[C@]1(CC(=O)[O-])CC(c2ccc(F)cc2)=NO1. The normalized spacial score (nSPS) is 17.8. The summed E-state index contributed by atoms with van der Waals surface area (Å²) < 4.78 is 17.8. The molecule has 3 rings (SSSR count). The molecule has 1 atom stereocenters. The number of carboxylic acid groups (broad SMARTS) is 1. The smallest absolute Gasteiger partial charge is 0.339 e. The van der Waals surface area contributed by atoms with Gasteiger partial charge < -0.3 is 24.8 Å². The maximum absolute atomic E-state index is 13.1. The van der Waals surface area contributed by atoms with Crippen LogP contribution in [0.2, 0.25) is 0 Å². The van der Waals surface area contributed by atoms with Crippen LogP contribution in [0.15, 0.2) is 53.7 Å². The van der Waals surface area contributed by atoms with Crippen LogP contribution in [0, 0.1) is 5.82 Å². The topological polar surface area (TPSA) is 117 Å². The number of benzene rings is 2. The number of oxime groups is 1. The number of hydrogen-bond donors (Lipinski definition) is 1. The van der Waals surface area contributed by atoms with Crippen molar-refractivity contribution in [3.63, 3.8) is 0 Å². The van der Waals surface area contributed by atoms with Crippen molar-refractivity contribution in [2.24, 2.45) is 5.16 Å². The second-order valence-electron chi connectivity index (χ2n) is 6.35. The van der Waals surface area contributed by atoms with Gasteiger partial charge in [-0.2, -0.15) is 0 Å². The summed E-state index contributed by atoms with van der Waals surface area (Å²) in [5, 5.41) is 17.6. The van der Waals surface area contributed by atoms with E-state index in [1.165, 1.54) is 43.5 Å². The van der Waals surface area contributed by atoms with Gasteiger partial charge in [-0.1, -0.05) is 29.4 Å². The summed E-state index contributed by atoms with van der Waals surface area (Å²) in [4.78, 5) is 41.4. The van der Waals surface area contributed by atoms with E-state index in [-0.39, 0.29) is 23.4 Å². The van der Waals surface area contributed by atoms with Crippen LogP contribution in [-0.4, -0.2) is 36.3 Å². The van der Waals surface area contributed by atoms with Gasteiger partial charge in [0.05, 0.1) is 24.1 Å². The number of amides is 1. The van der Waals surface area contributed by atoms with Gasteiger partial charge in [-0.25, -0.2) is 9.18 Å². The van der Waals surface area contributed by atoms with Gasteiger partial charge >= 0.3 is 5.97 Å². The van der Waals surface area contributed by atoms with Crippen molar-refractivity contribution >= 4 is 29.2 Å². The molecule has 0 unspecified atom stereocenters. The van der Waals surface area contributed by atoms with E-state index in [4.69, 9.17) is 4.84 Å². The van der Waals surface area contributed by atoms with Crippen molar-refractivity contribution in [1.82, 2.24) is 0 Å². The Morgan fingerprint density at radius 1 is 1.21 bits per heavy atom. The minimum atomic E-state index is -1.88. The predicted octanol–water partition coefficient (Wildman–Crippen LogP) is 1.25. The van der Waals surface area contributed by atoms with Crippen molar-refractivity contribution in [2.75, 3.05) is 12.4 Å². The number of anilines is 1. The first-order valence-corrected chi connectivity index (χ1v) is 8.54. The van der Waals surface area contributed by atoms with E-state index in [9.17, 15) is 23.9 Å². The van der Waals surface area contributed by atoms with Crippen LogP contribution in [0.25, 0.3) is 0 Å². The number of carbonyl (C=O) groups is 3. The molecule has 1 heterocycles. The number of ether oxygens (including phenoxy) is 1. The van der Waals surface area contributed by atoms with Gasteiger partial charge in [0, 0.05) is 18.8 Å². The van der Waals surface area contributed by atoms with E-state index >= 15 is 0 Å². The maximum atomic E-state index is 13.1. The van der Waals surface area contributed by atoms with E-state index in [2.05, 4.69) is 15.2 Å². The van der Waals surface area contributed by atoms with Crippen molar-refractivity contribution in [1.29, 1.82) is 0 Å². The summed E-state index contributed by atoms with van der Waals surface area (Å²) in [6.45, 7) is 0. The fourth-order valence-corrected chi connectivity index (χ4v) is 2.92. The molecule has 0 saturated heterocycles. The van der Waals surface area contributed by atoms with Crippen molar-refractivity contribution in [3.8, 4) is 0 Å². The van der Waals surface area contributed by atoms with Crippen LogP contribution in [0.4, 0.5) is 10.1 Å². The fraction of sp³-hybridized carbons (Fsp3) is 0.200. The third kappa shape index (κ3) is 4.23. The molecule has 0 fully saturated rings. The molecule has 9 heteroatoms. The zero-order chi connectivity index (χ0) is 21.0. The molecule has 0 aromatic heterocycles. The second kappa shape index (κ2) is 8.09. The largest absolute Gasteiger partial charge is 0.550 e. The maximum Gasteiger partial charge on any atom is 0.339 e. The van der Waals surface area contributed by atoms with Gasteiger partial charge in [0.2, 0.25) is 5.60 Å². The fourth-order valence-electron chi connectivity index (χ4n) is 2.92. The lowest BCUT2D eigenvalue weighted by Crippen LogP contribution is -2.47. The molecule has 150 valence electrons. The predicted molar refractivity (Wildman–Crippen MR) is 97.4 cm³/mol. The van der Waals surface area contributed by atoms with Crippen LogP contribution in [-0.2, 0) is 19.2 Å². The first-order chi connectivity index (χ1) is 13.8. The van der Waals surface area contributed by atoms with E-state index in [0.29, 0.717) is 5.56 Å². The zero-order valence-electron chi connectivity index (χ0n) is 15.3. The molecule has 0 bridgehead atoms. The van der Waals surface area contributed by atoms with E-state index < -0.39 is 35.7 Å². The number of nitrogens with zero attached hydrogens (tertiary/aromatic N) is 1. The lowest BCUT2D eigenvalue weighted by Gasteiger charge is -2.26. The number of nitrogens with one attached hydrogen (secondary N) is 1. The summed E-state index contributed by atoms with van der Waals surface area (Å²) >= 11 is 0. The van der Waals surface area contributed by atoms with Gasteiger partial charge in [0.25, 0.3) is 5.91 Å². The quantitative estimate of drug-likeness (QED) is 0.731. The molecule has 0 aliphatic carbocycles. The highest BCUT2D eigenvalue weighted by molar-refractivity contribution is 6.10. The summed E-state index contributed by atoms with van der Waals surface area (Å²) in [6, 6.07) is 11.4. The molecular weight excluding hydrogens is 383 g/mol. The number of esters is 1. The number of carboxylic acids is 1. The second-order valence-corrected chi connectivity index (χ2v) is 6.35. The van der Waals surface area contributed by atoms with Gasteiger partial charge in [-0.05, 0) is 29.8 Å². The van der Waals surface area contributed by atoms with E-state index in [1.807, 2.05) is 0 Å². The highest BCUT2D eigenvalue weighted by Gasteiger charge is 2.47. The Hall–Kier alpha value is -3.75. The first kappa shape index (κ1) is 20.0.